The zero-order chi connectivity index (χ0) is 12.0. The summed E-state index contributed by atoms with van der Waals surface area (Å²) in [6, 6.07) is 7.72. The highest BCUT2D eigenvalue weighted by molar-refractivity contribution is 9.10. The van der Waals surface area contributed by atoms with E-state index in [0.29, 0.717) is 13.0 Å². The summed E-state index contributed by atoms with van der Waals surface area (Å²) >= 11 is 3.39. The maximum Gasteiger partial charge on any atom is 0.221 e. The first-order valence-corrected chi connectivity index (χ1v) is 5.87. The predicted molar refractivity (Wildman–Crippen MR) is 69.3 cm³/mol. The number of nitrogens with one attached hydrogen (secondary N) is 2. The Hall–Kier alpha value is -1.07. The van der Waals surface area contributed by atoms with E-state index in [1.807, 2.05) is 24.3 Å². The van der Waals surface area contributed by atoms with Crippen LogP contribution in [-0.2, 0) is 4.79 Å². The molecule has 1 atom stereocenters. The Morgan fingerprint density at radius 1 is 1.56 bits per heavy atom. The molecular weight excluding hydrogens is 270 g/mol. The molecule has 0 aliphatic carbocycles. The van der Waals surface area contributed by atoms with E-state index < -0.39 is 0 Å². The molecule has 0 aliphatic rings. The maximum atomic E-state index is 11.2. The minimum Gasteiger partial charge on any atom is -0.380 e. The fourth-order valence-corrected chi connectivity index (χ4v) is 1.73. The van der Waals surface area contributed by atoms with Gasteiger partial charge >= 0.3 is 0 Å². The lowest BCUT2D eigenvalue weighted by atomic mass is 10.2. The summed E-state index contributed by atoms with van der Waals surface area (Å²) in [6.45, 7) is 0.417. The third-order valence-corrected chi connectivity index (χ3v) is 2.68. The summed E-state index contributed by atoms with van der Waals surface area (Å²) in [4.78, 5) is 11.2. The van der Waals surface area contributed by atoms with Crippen molar-refractivity contribution in [1.82, 2.24) is 5.32 Å². The van der Waals surface area contributed by atoms with Crippen LogP contribution in [0.3, 0.4) is 0 Å². The van der Waals surface area contributed by atoms with Crippen LogP contribution in [0.15, 0.2) is 28.7 Å². The molecule has 4 nitrogen and oxygen atoms in total. The quantitative estimate of drug-likeness (QED) is 0.765. The number of nitrogens with two attached hydrogens (primary N) is 1. The second kappa shape index (κ2) is 6.50. The highest BCUT2D eigenvalue weighted by Crippen LogP contribution is 2.16. The van der Waals surface area contributed by atoms with Crippen molar-refractivity contribution in [3.63, 3.8) is 0 Å². The number of benzene rings is 1. The molecule has 0 saturated carbocycles. The largest absolute Gasteiger partial charge is 0.380 e. The monoisotopic (exact) mass is 285 g/mol. The van der Waals surface area contributed by atoms with Crippen LogP contribution >= 0.6 is 15.9 Å². The van der Waals surface area contributed by atoms with E-state index in [1.165, 1.54) is 0 Å². The lowest BCUT2D eigenvalue weighted by Crippen LogP contribution is -2.34. The molecule has 0 fully saturated rings. The Kier molecular flexibility index (Phi) is 5.28. The van der Waals surface area contributed by atoms with Crippen molar-refractivity contribution in [2.24, 2.45) is 5.73 Å². The molecule has 1 aromatic carbocycles. The van der Waals surface area contributed by atoms with Crippen LogP contribution in [0.25, 0.3) is 0 Å². The van der Waals surface area contributed by atoms with Gasteiger partial charge < -0.3 is 16.4 Å². The Labute approximate surface area is 104 Å². The van der Waals surface area contributed by atoms with Gasteiger partial charge in [-0.15, -0.1) is 0 Å². The summed E-state index contributed by atoms with van der Waals surface area (Å²) in [5.74, 6) is -0.0158. The van der Waals surface area contributed by atoms with Gasteiger partial charge in [-0.1, -0.05) is 22.0 Å². The standard InChI is InChI=1S/C11H16BrN3O/c1-14-11(16)6-10(7-13)15-9-4-2-3-8(12)5-9/h2-5,10,15H,6-7,13H2,1H3,(H,14,16). The van der Waals surface area contributed by atoms with Crippen molar-refractivity contribution in [3.05, 3.63) is 28.7 Å². The maximum absolute atomic E-state index is 11.2. The van der Waals surface area contributed by atoms with E-state index >= 15 is 0 Å². The number of carbonyl (C=O) groups is 1. The third-order valence-electron chi connectivity index (χ3n) is 2.19. The predicted octanol–water partition coefficient (Wildman–Crippen LogP) is 1.32. The van der Waals surface area contributed by atoms with E-state index in [1.54, 1.807) is 7.05 Å². The lowest BCUT2D eigenvalue weighted by molar-refractivity contribution is -0.120. The zero-order valence-corrected chi connectivity index (χ0v) is 10.8. The third kappa shape index (κ3) is 4.20. The van der Waals surface area contributed by atoms with Crippen LogP contribution in [0, 0.1) is 0 Å². The van der Waals surface area contributed by atoms with Gasteiger partial charge in [0, 0.05) is 36.2 Å². The number of rotatable bonds is 5. The van der Waals surface area contributed by atoms with Gasteiger partial charge in [-0.2, -0.15) is 0 Å². The topological polar surface area (TPSA) is 67.2 Å². The molecule has 0 aliphatic heterocycles. The SMILES string of the molecule is CNC(=O)CC(CN)Nc1cccc(Br)c1. The average molecular weight is 286 g/mol. The van der Waals surface area contributed by atoms with Crippen LogP contribution in [0.1, 0.15) is 6.42 Å². The first-order chi connectivity index (χ1) is 7.65. The number of hydrogen-bond acceptors (Lipinski definition) is 3. The smallest absolute Gasteiger partial charge is 0.221 e. The highest BCUT2D eigenvalue weighted by Gasteiger charge is 2.10. The average Bonchev–Trinajstić information content (AvgIpc) is 2.28. The van der Waals surface area contributed by atoms with Crippen molar-refractivity contribution in [1.29, 1.82) is 0 Å². The van der Waals surface area contributed by atoms with Crippen LogP contribution in [0.4, 0.5) is 5.69 Å². The first-order valence-electron chi connectivity index (χ1n) is 5.08. The molecular formula is C11H16BrN3O. The van der Waals surface area contributed by atoms with Gasteiger partial charge in [0.2, 0.25) is 5.91 Å². The molecule has 0 radical (unpaired) electrons. The molecule has 0 aromatic heterocycles. The van der Waals surface area contributed by atoms with Crippen LogP contribution in [0.2, 0.25) is 0 Å². The van der Waals surface area contributed by atoms with Crippen molar-refractivity contribution in [2.45, 2.75) is 12.5 Å². The van der Waals surface area contributed by atoms with E-state index in [4.69, 9.17) is 5.73 Å². The van der Waals surface area contributed by atoms with E-state index in [2.05, 4.69) is 26.6 Å². The minimum atomic E-state index is -0.0470. The Morgan fingerprint density at radius 3 is 2.88 bits per heavy atom. The van der Waals surface area contributed by atoms with Crippen molar-refractivity contribution >= 4 is 27.5 Å². The van der Waals surface area contributed by atoms with Gasteiger partial charge in [-0.25, -0.2) is 0 Å². The number of halogens is 1. The molecule has 1 unspecified atom stereocenters. The Bertz CT molecular complexity index is 357. The lowest BCUT2D eigenvalue weighted by Gasteiger charge is -2.17. The second-order valence-corrected chi connectivity index (χ2v) is 4.38. The molecule has 0 bridgehead atoms. The zero-order valence-electron chi connectivity index (χ0n) is 9.16. The number of anilines is 1. The molecule has 4 N–H and O–H groups in total. The van der Waals surface area contributed by atoms with Crippen LogP contribution in [0.5, 0.6) is 0 Å². The fourth-order valence-electron chi connectivity index (χ4n) is 1.33. The van der Waals surface area contributed by atoms with Crippen molar-refractivity contribution < 1.29 is 4.79 Å². The van der Waals surface area contributed by atoms with E-state index in [0.717, 1.165) is 10.2 Å². The number of carbonyl (C=O) groups excluding carboxylic acids is 1. The van der Waals surface area contributed by atoms with E-state index in [-0.39, 0.29) is 11.9 Å². The van der Waals surface area contributed by atoms with Gasteiger partial charge in [-0.3, -0.25) is 4.79 Å². The first kappa shape index (κ1) is 13.0. The summed E-state index contributed by atoms with van der Waals surface area (Å²) in [7, 11) is 1.62. The van der Waals surface area contributed by atoms with Crippen LogP contribution in [-0.4, -0.2) is 25.5 Å². The molecule has 88 valence electrons. The molecule has 16 heavy (non-hydrogen) atoms. The summed E-state index contributed by atoms with van der Waals surface area (Å²) in [5, 5.41) is 5.80. The number of amides is 1. The van der Waals surface area contributed by atoms with Gasteiger partial charge in [0.15, 0.2) is 0 Å². The molecule has 5 heteroatoms. The highest BCUT2D eigenvalue weighted by atomic mass is 79.9. The van der Waals surface area contributed by atoms with Crippen LogP contribution < -0.4 is 16.4 Å². The number of hydrogen-bond donors (Lipinski definition) is 3. The van der Waals surface area contributed by atoms with Gasteiger partial charge in [0.25, 0.3) is 0 Å². The van der Waals surface area contributed by atoms with E-state index in [9.17, 15) is 4.79 Å². The Morgan fingerprint density at radius 2 is 2.31 bits per heavy atom. The molecule has 1 rings (SSSR count). The van der Waals surface area contributed by atoms with Gasteiger partial charge in [0.05, 0.1) is 0 Å². The minimum absolute atomic E-state index is 0.0158. The van der Waals surface area contributed by atoms with Crippen molar-refractivity contribution in [2.75, 3.05) is 18.9 Å². The molecule has 0 saturated heterocycles. The summed E-state index contributed by atoms with van der Waals surface area (Å²) in [6.07, 6.45) is 0.375. The summed E-state index contributed by atoms with van der Waals surface area (Å²) < 4.78 is 0.994. The molecule has 1 aromatic rings. The second-order valence-electron chi connectivity index (χ2n) is 3.46. The molecule has 0 spiro atoms. The van der Waals surface area contributed by atoms with Gasteiger partial charge in [0.1, 0.15) is 0 Å². The normalized spacial score (nSPS) is 11.9. The fraction of sp³-hybridized carbons (Fsp3) is 0.364. The van der Waals surface area contributed by atoms with Crippen molar-refractivity contribution in [3.8, 4) is 0 Å². The van der Waals surface area contributed by atoms with Gasteiger partial charge in [-0.05, 0) is 18.2 Å². The Balaban J connectivity index is 2.59. The summed E-state index contributed by atoms with van der Waals surface area (Å²) in [5.41, 5.74) is 6.56. The molecule has 0 heterocycles. The molecule has 1 amide bonds.